The summed E-state index contributed by atoms with van der Waals surface area (Å²) in [5.74, 6) is -2.77. The molecule has 26 heavy (non-hydrogen) atoms. The summed E-state index contributed by atoms with van der Waals surface area (Å²) < 4.78 is 38.7. The van der Waals surface area contributed by atoms with Gasteiger partial charge in [0.25, 0.3) is 5.69 Å². The van der Waals surface area contributed by atoms with Gasteiger partial charge in [-0.3, -0.25) is 10.1 Å². The van der Waals surface area contributed by atoms with Gasteiger partial charge in [0.05, 0.1) is 22.1 Å². The second-order valence-corrected chi connectivity index (χ2v) is 6.11. The summed E-state index contributed by atoms with van der Waals surface area (Å²) in [6, 6.07) is 0.971. The van der Waals surface area contributed by atoms with Crippen LogP contribution in [0.3, 0.4) is 0 Å². The van der Waals surface area contributed by atoms with Crippen LogP contribution in [0.2, 0.25) is 0 Å². The van der Waals surface area contributed by atoms with Gasteiger partial charge in [-0.15, -0.1) is 0 Å². The number of piperidine rings is 1. The van der Waals surface area contributed by atoms with E-state index in [2.05, 4.69) is 5.32 Å². The number of nitro groups is 1. The fourth-order valence-electron chi connectivity index (χ4n) is 3.43. The van der Waals surface area contributed by atoms with Crippen LogP contribution in [0.1, 0.15) is 35.7 Å². The van der Waals surface area contributed by atoms with Gasteiger partial charge in [0.15, 0.2) is 0 Å². The van der Waals surface area contributed by atoms with Gasteiger partial charge in [0.2, 0.25) is 0 Å². The van der Waals surface area contributed by atoms with Crippen molar-refractivity contribution in [3.05, 3.63) is 27.3 Å². The standard InChI is InChI=1S/C16H20F3N3O4/c1-3-10-13(20-2)12(22(25)26)8-11(15(23)24)14(10)21-6-4-9(5-7-21)16(17,18)19/h8-9,20H,3-7H2,1-2H3,(H,23,24). The van der Waals surface area contributed by atoms with Crippen molar-refractivity contribution in [1.29, 1.82) is 0 Å². The molecule has 1 saturated heterocycles. The molecule has 0 aromatic heterocycles. The highest BCUT2D eigenvalue weighted by Crippen LogP contribution is 2.42. The molecule has 2 rings (SSSR count). The number of halogens is 3. The molecule has 0 radical (unpaired) electrons. The number of nitro benzene ring substituents is 1. The van der Waals surface area contributed by atoms with Crippen molar-refractivity contribution in [3.63, 3.8) is 0 Å². The SMILES string of the molecule is CCc1c(NC)c([N+](=O)[O-])cc(C(=O)O)c1N1CCC(C(F)(F)F)CC1. The largest absolute Gasteiger partial charge is 0.478 e. The number of alkyl halides is 3. The van der Waals surface area contributed by atoms with Crippen molar-refractivity contribution in [2.75, 3.05) is 30.4 Å². The van der Waals surface area contributed by atoms with Crippen LogP contribution in [0.25, 0.3) is 0 Å². The first-order chi connectivity index (χ1) is 12.1. The van der Waals surface area contributed by atoms with E-state index in [1.165, 1.54) is 7.05 Å². The third-order valence-corrected chi connectivity index (χ3v) is 4.68. The van der Waals surface area contributed by atoms with E-state index < -0.39 is 23.0 Å². The monoisotopic (exact) mass is 375 g/mol. The third-order valence-electron chi connectivity index (χ3n) is 4.68. The van der Waals surface area contributed by atoms with E-state index in [1.54, 1.807) is 11.8 Å². The molecule has 0 spiro atoms. The number of rotatable bonds is 5. The van der Waals surface area contributed by atoms with Crippen molar-refractivity contribution < 1.29 is 28.0 Å². The summed E-state index contributed by atoms with van der Waals surface area (Å²) in [6.45, 7) is 1.80. The first-order valence-electron chi connectivity index (χ1n) is 8.18. The highest BCUT2D eigenvalue weighted by atomic mass is 19.4. The first kappa shape index (κ1) is 19.8. The zero-order chi connectivity index (χ0) is 19.6. The minimum absolute atomic E-state index is 0.0401. The second-order valence-electron chi connectivity index (χ2n) is 6.11. The quantitative estimate of drug-likeness (QED) is 0.602. The lowest BCUT2D eigenvalue weighted by Gasteiger charge is -2.36. The van der Waals surface area contributed by atoms with E-state index in [0.717, 1.165) is 6.07 Å². The maximum atomic E-state index is 12.9. The van der Waals surface area contributed by atoms with E-state index in [1.807, 2.05) is 0 Å². The van der Waals surface area contributed by atoms with Gasteiger partial charge in [-0.1, -0.05) is 6.92 Å². The van der Waals surface area contributed by atoms with Gasteiger partial charge in [-0.05, 0) is 19.3 Å². The molecule has 10 heteroatoms. The molecular formula is C16H20F3N3O4. The van der Waals surface area contributed by atoms with Crippen molar-refractivity contribution in [3.8, 4) is 0 Å². The number of nitrogens with zero attached hydrogens (tertiary/aromatic N) is 2. The van der Waals surface area contributed by atoms with E-state index in [4.69, 9.17) is 0 Å². The van der Waals surface area contributed by atoms with Crippen LogP contribution < -0.4 is 10.2 Å². The number of benzene rings is 1. The van der Waals surface area contributed by atoms with Crippen LogP contribution in [0.4, 0.5) is 30.2 Å². The molecular weight excluding hydrogens is 355 g/mol. The lowest BCUT2D eigenvalue weighted by Crippen LogP contribution is -2.40. The summed E-state index contributed by atoms with van der Waals surface area (Å²) in [5.41, 5.74) is 0.240. The predicted octanol–water partition coefficient (Wildman–Crippen LogP) is 3.68. The van der Waals surface area contributed by atoms with Gasteiger partial charge < -0.3 is 15.3 Å². The molecule has 1 aliphatic rings. The van der Waals surface area contributed by atoms with Gasteiger partial charge in [0.1, 0.15) is 5.69 Å². The molecule has 0 atom stereocenters. The fraction of sp³-hybridized carbons (Fsp3) is 0.562. The predicted molar refractivity (Wildman–Crippen MR) is 90.0 cm³/mol. The Balaban J connectivity index is 2.54. The molecule has 0 unspecified atom stereocenters. The van der Waals surface area contributed by atoms with Crippen LogP contribution >= 0.6 is 0 Å². The van der Waals surface area contributed by atoms with Crippen molar-refractivity contribution in [2.24, 2.45) is 5.92 Å². The zero-order valence-electron chi connectivity index (χ0n) is 14.4. The number of hydrogen-bond donors (Lipinski definition) is 2. The summed E-state index contributed by atoms with van der Waals surface area (Å²) in [7, 11) is 1.49. The molecule has 1 aromatic carbocycles. The van der Waals surface area contributed by atoms with E-state index >= 15 is 0 Å². The van der Waals surface area contributed by atoms with Crippen molar-refractivity contribution in [2.45, 2.75) is 32.4 Å². The van der Waals surface area contributed by atoms with E-state index in [-0.39, 0.29) is 48.6 Å². The number of anilines is 2. The molecule has 1 aromatic rings. The van der Waals surface area contributed by atoms with Gasteiger partial charge in [-0.25, -0.2) is 4.79 Å². The summed E-state index contributed by atoms with van der Waals surface area (Å²) in [5, 5.41) is 23.6. The Hall–Kier alpha value is -2.52. The summed E-state index contributed by atoms with van der Waals surface area (Å²) >= 11 is 0. The normalized spacial score (nSPS) is 15.8. The maximum Gasteiger partial charge on any atom is 0.391 e. The van der Waals surface area contributed by atoms with Crippen LogP contribution in [0, 0.1) is 16.0 Å². The Morgan fingerprint density at radius 1 is 1.42 bits per heavy atom. The van der Waals surface area contributed by atoms with Crippen LogP contribution in [0.15, 0.2) is 6.07 Å². The van der Waals surface area contributed by atoms with Crippen LogP contribution in [-0.2, 0) is 6.42 Å². The fourth-order valence-corrected chi connectivity index (χ4v) is 3.43. The minimum Gasteiger partial charge on any atom is -0.478 e. The average molecular weight is 375 g/mol. The number of hydrogen-bond acceptors (Lipinski definition) is 5. The average Bonchev–Trinajstić information content (AvgIpc) is 2.58. The molecule has 0 aliphatic carbocycles. The second kappa shape index (κ2) is 7.38. The lowest BCUT2D eigenvalue weighted by atomic mass is 9.93. The maximum absolute atomic E-state index is 12.9. The van der Waals surface area contributed by atoms with Gasteiger partial charge >= 0.3 is 12.1 Å². The third kappa shape index (κ3) is 3.68. The minimum atomic E-state index is -4.28. The highest BCUT2D eigenvalue weighted by molar-refractivity contribution is 5.99. The molecule has 1 heterocycles. The Morgan fingerprint density at radius 2 is 2.00 bits per heavy atom. The molecule has 0 amide bonds. The number of carboxylic acids is 1. The topological polar surface area (TPSA) is 95.7 Å². The highest BCUT2D eigenvalue weighted by Gasteiger charge is 2.42. The van der Waals surface area contributed by atoms with Gasteiger partial charge in [-0.2, -0.15) is 13.2 Å². The van der Waals surface area contributed by atoms with Crippen molar-refractivity contribution in [1.82, 2.24) is 0 Å². The number of aromatic carboxylic acids is 1. The van der Waals surface area contributed by atoms with Crippen LogP contribution in [-0.4, -0.2) is 42.3 Å². The Labute approximate surface area is 147 Å². The lowest BCUT2D eigenvalue weighted by molar-refractivity contribution is -0.384. The number of nitrogens with one attached hydrogen (secondary N) is 1. The zero-order valence-corrected chi connectivity index (χ0v) is 14.4. The molecule has 1 fully saturated rings. The molecule has 7 nitrogen and oxygen atoms in total. The number of carbonyl (C=O) groups is 1. The molecule has 2 N–H and O–H groups in total. The van der Waals surface area contributed by atoms with E-state index in [0.29, 0.717) is 12.0 Å². The van der Waals surface area contributed by atoms with Crippen molar-refractivity contribution >= 4 is 23.0 Å². The molecule has 0 saturated carbocycles. The number of carboxylic acid groups (broad SMARTS) is 1. The molecule has 144 valence electrons. The van der Waals surface area contributed by atoms with Gasteiger partial charge in [0, 0.05) is 31.8 Å². The summed E-state index contributed by atoms with van der Waals surface area (Å²) in [6.07, 6.45) is -4.26. The Morgan fingerprint density at radius 3 is 2.38 bits per heavy atom. The summed E-state index contributed by atoms with van der Waals surface area (Å²) in [4.78, 5) is 23.9. The molecule has 0 bridgehead atoms. The smallest absolute Gasteiger partial charge is 0.391 e. The Bertz CT molecular complexity index is 714. The van der Waals surface area contributed by atoms with E-state index in [9.17, 15) is 33.2 Å². The molecule has 1 aliphatic heterocycles. The first-order valence-corrected chi connectivity index (χ1v) is 8.18. The van der Waals surface area contributed by atoms with Crippen LogP contribution in [0.5, 0.6) is 0 Å². The Kier molecular flexibility index (Phi) is 5.62.